The Labute approximate surface area is 69.4 Å². The maximum absolute atomic E-state index is 8.91. The SMILES string of the molecule is C=C(Br)CNC1CC(O)C1. The largest absolute Gasteiger partial charge is 0.393 e. The molecule has 2 nitrogen and oxygen atoms in total. The average molecular weight is 206 g/mol. The summed E-state index contributed by atoms with van der Waals surface area (Å²) in [6.45, 7) is 4.50. The normalized spacial score (nSPS) is 31.4. The van der Waals surface area contributed by atoms with Crippen molar-refractivity contribution in [2.75, 3.05) is 6.54 Å². The molecule has 0 radical (unpaired) electrons. The van der Waals surface area contributed by atoms with Crippen molar-refractivity contribution in [3.8, 4) is 0 Å². The first kappa shape index (κ1) is 8.24. The van der Waals surface area contributed by atoms with Crippen LogP contribution in [-0.4, -0.2) is 23.8 Å². The van der Waals surface area contributed by atoms with E-state index in [4.69, 9.17) is 5.11 Å². The van der Waals surface area contributed by atoms with E-state index in [1.165, 1.54) is 0 Å². The molecular weight excluding hydrogens is 194 g/mol. The minimum Gasteiger partial charge on any atom is -0.393 e. The van der Waals surface area contributed by atoms with Gasteiger partial charge in [-0.3, -0.25) is 0 Å². The number of halogens is 1. The Bertz CT molecular complexity index is 132. The van der Waals surface area contributed by atoms with Crippen LogP contribution < -0.4 is 5.32 Å². The summed E-state index contributed by atoms with van der Waals surface area (Å²) in [7, 11) is 0. The van der Waals surface area contributed by atoms with E-state index in [-0.39, 0.29) is 6.10 Å². The number of hydrogen-bond acceptors (Lipinski definition) is 2. The first-order valence-corrected chi connectivity index (χ1v) is 4.22. The quantitative estimate of drug-likeness (QED) is 0.722. The third kappa shape index (κ3) is 2.40. The van der Waals surface area contributed by atoms with Gasteiger partial charge in [0.25, 0.3) is 0 Å². The monoisotopic (exact) mass is 205 g/mol. The summed E-state index contributed by atoms with van der Waals surface area (Å²) in [5, 5.41) is 12.2. The van der Waals surface area contributed by atoms with Crippen LogP contribution in [-0.2, 0) is 0 Å². The first-order chi connectivity index (χ1) is 4.68. The number of aliphatic hydroxyl groups excluding tert-OH is 1. The Morgan fingerprint density at radius 2 is 2.30 bits per heavy atom. The Balaban J connectivity index is 2.00. The van der Waals surface area contributed by atoms with Crippen molar-refractivity contribution in [1.29, 1.82) is 0 Å². The van der Waals surface area contributed by atoms with Gasteiger partial charge in [-0.1, -0.05) is 22.5 Å². The zero-order valence-electron chi connectivity index (χ0n) is 5.81. The molecule has 2 N–H and O–H groups in total. The highest BCUT2D eigenvalue weighted by Gasteiger charge is 2.25. The van der Waals surface area contributed by atoms with Gasteiger partial charge in [-0.05, 0) is 12.8 Å². The topological polar surface area (TPSA) is 32.3 Å². The highest BCUT2D eigenvalue weighted by atomic mass is 79.9. The highest BCUT2D eigenvalue weighted by Crippen LogP contribution is 2.19. The van der Waals surface area contributed by atoms with Gasteiger partial charge >= 0.3 is 0 Å². The molecule has 0 spiro atoms. The van der Waals surface area contributed by atoms with Crippen molar-refractivity contribution in [3.63, 3.8) is 0 Å². The summed E-state index contributed by atoms with van der Waals surface area (Å²) in [5.74, 6) is 0. The maximum atomic E-state index is 8.91. The van der Waals surface area contributed by atoms with E-state index in [0.717, 1.165) is 23.9 Å². The number of rotatable bonds is 3. The van der Waals surface area contributed by atoms with E-state index >= 15 is 0 Å². The van der Waals surface area contributed by atoms with Gasteiger partial charge in [0.15, 0.2) is 0 Å². The fourth-order valence-electron chi connectivity index (χ4n) is 1.01. The van der Waals surface area contributed by atoms with Crippen LogP contribution in [0.4, 0.5) is 0 Å². The molecule has 0 aliphatic heterocycles. The zero-order chi connectivity index (χ0) is 7.56. The van der Waals surface area contributed by atoms with Crippen LogP contribution in [0.5, 0.6) is 0 Å². The number of nitrogens with one attached hydrogen (secondary N) is 1. The third-order valence-corrected chi connectivity index (χ3v) is 1.98. The van der Waals surface area contributed by atoms with Crippen LogP contribution in [0.1, 0.15) is 12.8 Å². The molecule has 0 heterocycles. The van der Waals surface area contributed by atoms with Crippen LogP contribution in [0.15, 0.2) is 11.1 Å². The maximum Gasteiger partial charge on any atom is 0.0570 e. The fourth-order valence-corrected chi connectivity index (χ4v) is 1.17. The second-order valence-corrected chi connectivity index (χ2v) is 3.84. The molecule has 0 aromatic rings. The van der Waals surface area contributed by atoms with E-state index in [1.54, 1.807) is 0 Å². The Morgan fingerprint density at radius 1 is 1.70 bits per heavy atom. The molecule has 3 heteroatoms. The molecule has 1 fully saturated rings. The minimum absolute atomic E-state index is 0.0684. The van der Waals surface area contributed by atoms with Gasteiger partial charge in [-0.2, -0.15) is 0 Å². The molecule has 0 unspecified atom stereocenters. The van der Waals surface area contributed by atoms with Gasteiger partial charge < -0.3 is 10.4 Å². The molecule has 58 valence electrons. The van der Waals surface area contributed by atoms with Crippen molar-refractivity contribution in [2.45, 2.75) is 25.0 Å². The Morgan fingerprint density at radius 3 is 2.70 bits per heavy atom. The number of aliphatic hydroxyl groups is 1. The van der Waals surface area contributed by atoms with Crippen LogP contribution >= 0.6 is 15.9 Å². The van der Waals surface area contributed by atoms with Gasteiger partial charge in [-0.25, -0.2) is 0 Å². The highest BCUT2D eigenvalue weighted by molar-refractivity contribution is 9.11. The predicted molar refractivity (Wildman–Crippen MR) is 45.1 cm³/mol. The van der Waals surface area contributed by atoms with Gasteiger partial charge in [0.1, 0.15) is 0 Å². The van der Waals surface area contributed by atoms with Crippen molar-refractivity contribution in [3.05, 3.63) is 11.1 Å². The summed E-state index contributed by atoms with van der Waals surface area (Å²) < 4.78 is 0.967. The first-order valence-electron chi connectivity index (χ1n) is 3.43. The molecule has 0 aromatic carbocycles. The molecular formula is C7H12BrNO. The molecule has 0 atom stereocenters. The molecule has 0 amide bonds. The zero-order valence-corrected chi connectivity index (χ0v) is 7.39. The van der Waals surface area contributed by atoms with Gasteiger partial charge in [0.2, 0.25) is 0 Å². The lowest BCUT2D eigenvalue weighted by molar-refractivity contribution is 0.0640. The smallest absolute Gasteiger partial charge is 0.0570 e. The van der Waals surface area contributed by atoms with Gasteiger partial charge in [0, 0.05) is 17.1 Å². The summed E-state index contributed by atoms with van der Waals surface area (Å²) in [6.07, 6.45) is 1.71. The molecule has 10 heavy (non-hydrogen) atoms. The minimum atomic E-state index is -0.0684. The molecule has 0 saturated heterocycles. The van der Waals surface area contributed by atoms with E-state index in [2.05, 4.69) is 27.8 Å². The molecule has 0 aromatic heterocycles. The van der Waals surface area contributed by atoms with Crippen LogP contribution in [0.2, 0.25) is 0 Å². The Kier molecular flexibility index (Phi) is 2.89. The van der Waals surface area contributed by atoms with E-state index in [9.17, 15) is 0 Å². The molecule has 0 bridgehead atoms. The molecule has 1 aliphatic carbocycles. The second kappa shape index (κ2) is 3.51. The lowest BCUT2D eigenvalue weighted by atomic mass is 9.90. The van der Waals surface area contributed by atoms with Gasteiger partial charge in [0.05, 0.1) is 6.10 Å². The van der Waals surface area contributed by atoms with Crippen molar-refractivity contribution < 1.29 is 5.11 Å². The number of hydrogen-bond donors (Lipinski definition) is 2. The average Bonchev–Trinajstić information content (AvgIpc) is 1.77. The lowest BCUT2D eigenvalue weighted by Crippen LogP contribution is -2.44. The third-order valence-electron chi connectivity index (χ3n) is 1.70. The Hall–Kier alpha value is 0.140. The standard InChI is InChI=1S/C7H12BrNO/c1-5(8)4-9-6-2-7(10)3-6/h6-7,9-10H,1-4H2. The molecule has 1 saturated carbocycles. The summed E-state index contributed by atoms with van der Waals surface area (Å²) in [4.78, 5) is 0. The van der Waals surface area contributed by atoms with Crippen molar-refractivity contribution in [2.24, 2.45) is 0 Å². The van der Waals surface area contributed by atoms with E-state index in [1.807, 2.05) is 0 Å². The molecule has 1 rings (SSSR count). The van der Waals surface area contributed by atoms with Crippen LogP contribution in [0, 0.1) is 0 Å². The van der Waals surface area contributed by atoms with Gasteiger partial charge in [-0.15, -0.1) is 0 Å². The predicted octanol–water partition coefficient (Wildman–Crippen LogP) is 1.01. The second-order valence-electron chi connectivity index (χ2n) is 2.72. The molecule has 1 aliphatic rings. The van der Waals surface area contributed by atoms with Crippen LogP contribution in [0.25, 0.3) is 0 Å². The van der Waals surface area contributed by atoms with E-state index < -0.39 is 0 Å². The fraction of sp³-hybridized carbons (Fsp3) is 0.714. The van der Waals surface area contributed by atoms with Crippen LogP contribution in [0.3, 0.4) is 0 Å². The van der Waals surface area contributed by atoms with Crippen molar-refractivity contribution in [1.82, 2.24) is 5.32 Å². The van der Waals surface area contributed by atoms with E-state index in [0.29, 0.717) is 6.04 Å². The summed E-state index contributed by atoms with van der Waals surface area (Å²) in [5.41, 5.74) is 0. The summed E-state index contributed by atoms with van der Waals surface area (Å²) in [6, 6.07) is 0.504. The van der Waals surface area contributed by atoms with Crippen molar-refractivity contribution >= 4 is 15.9 Å². The summed E-state index contributed by atoms with van der Waals surface area (Å²) >= 11 is 3.25. The lowest BCUT2D eigenvalue weighted by Gasteiger charge is -2.32.